The highest BCUT2D eigenvalue weighted by Crippen LogP contribution is 2.30. The third kappa shape index (κ3) is 4.69. The van der Waals surface area contributed by atoms with Crippen LogP contribution in [0, 0.1) is 10.1 Å². The number of rotatable bonds is 5. The van der Waals surface area contributed by atoms with Crippen LogP contribution >= 0.6 is 11.8 Å². The number of nitro benzene ring substituents is 1. The van der Waals surface area contributed by atoms with Gasteiger partial charge in [0.25, 0.3) is 11.5 Å². The second kappa shape index (κ2) is 7.52. The number of halogens is 3. The van der Waals surface area contributed by atoms with E-state index in [0.29, 0.717) is 5.56 Å². The lowest BCUT2D eigenvalue weighted by Crippen LogP contribution is -2.23. The Kier molecular flexibility index (Phi) is 5.63. The van der Waals surface area contributed by atoms with Gasteiger partial charge in [-0.05, 0) is 47.7 Å². The van der Waals surface area contributed by atoms with E-state index in [4.69, 9.17) is 0 Å². The fourth-order valence-electron chi connectivity index (χ4n) is 2.06. The number of non-ortho nitro benzene ring substituents is 1. The van der Waals surface area contributed by atoms with Gasteiger partial charge in [-0.25, -0.2) is 0 Å². The molecule has 0 aliphatic heterocycles. The lowest BCUT2D eigenvalue weighted by atomic mass is 9.98. The first kappa shape index (κ1) is 18.7. The summed E-state index contributed by atoms with van der Waals surface area (Å²) in [7, 11) is 0. The van der Waals surface area contributed by atoms with Gasteiger partial charge in [0.2, 0.25) is 0 Å². The van der Waals surface area contributed by atoms with Gasteiger partial charge in [0, 0.05) is 22.6 Å². The first-order chi connectivity index (χ1) is 11.7. The Morgan fingerprint density at radius 2 is 1.64 bits per heavy atom. The highest BCUT2D eigenvalue weighted by molar-refractivity contribution is 7.98. The van der Waals surface area contributed by atoms with Gasteiger partial charge in [0.15, 0.2) is 0 Å². The van der Waals surface area contributed by atoms with Crippen LogP contribution in [0.2, 0.25) is 0 Å². The van der Waals surface area contributed by atoms with Gasteiger partial charge in [-0.15, -0.1) is 11.8 Å². The standard InChI is InChI=1S/C17H12F3NO3S/c1-25-14-8-2-11(3-9-14)10-15(16(22)17(18,19)20)12-4-6-13(7-5-12)21(23)24/h2-10H,1H3. The van der Waals surface area contributed by atoms with Crippen molar-refractivity contribution in [3.8, 4) is 0 Å². The fraction of sp³-hybridized carbons (Fsp3) is 0.118. The summed E-state index contributed by atoms with van der Waals surface area (Å²) in [5.41, 5.74) is -0.461. The maximum atomic E-state index is 12.9. The molecule has 0 unspecified atom stereocenters. The molecule has 0 radical (unpaired) electrons. The van der Waals surface area contributed by atoms with Crippen molar-refractivity contribution < 1.29 is 22.9 Å². The van der Waals surface area contributed by atoms with Crippen LogP contribution in [0.15, 0.2) is 53.4 Å². The lowest BCUT2D eigenvalue weighted by Gasteiger charge is -2.10. The van der Waals surface area contributed by atoms with Crippen LogP contribution in [0.1, 0.15) is 11.1 Å². The largest absolute Gasteiger partial charge is 0.454 e. The van der Waals surface area contributed by atoms with E-state index in [1.54, 1.807) is 24.3 Å². The molecule has 8 heteroatoms. The Balaban J connectivity index is 2.50. The summed E-state index contributed by atoms with van der Waals surface area (Å²) < 4.78 is 38.7. The molecule has 0 spiro atoms. The summed E-state index contributed by atoms with van der Waals surface area (Å²) >= 11 is 1.48. The van der Waals surface area contributed by atoms with Crippen LogP contribution in [0.3, 0.4) is 0 Å². The van der Waals surface area contributed by atoms with Gasteiger partial charge >= 0.3 is 6.18 Å². The Bertz CT molecular complexity index is 813. The molecule has 25 heavy (non-hydrogen) atoms. The van der Waals surface area contributed by atoms with Crippen LogP contribution in [0.5, 0.6) is 0 Å². The molecule has 0 fully saturated rings. The minimum absolute atomic E-state index is 0.0399. The van der Waals surface area contributed by atoms with Crippen molar-refractivity contribution in [2.24, 2.45) is 0 Å². The van der Waals surface area contributed by atoms with Gasteiger partial charge in [-0.1, -0.05) is 12.1 Å². The lowest BCUT2D eigenvalue weighted by molar-refractivity contribution is -0.384. The summed E-state index contributed by atoms with van der Waals surface area (Å²) in [6, 6.07) is 11.0. The van der Waals surface area contributed by atoms with Crippen LogP contribution in [0.25, 0.3) is 11.6 Å². The number of nitro groups is 1. The Labute approximate surface area is 145 Å². The molecule has 0 aliphatic carbocycles. The summed E-state index contributed by atoms with van der Waals surface area (Å²) in [5, 5.41) is 10.7. The number of alkyl halides is 3. The molecule has 0 aromatic heterocycles. The highest BCUT2D eigenvalue weighted by atomic mass is 32.2. The monoisotopic (exact) mass is 367 g/mol. The van der Waals surface area contributed by atoms with Crippen molar-refractivity contribution in [1.29, 1.82) is 0 Å². The molecule has 0 aliphatic rings. The number of nitrogens with zero attached hydrogens (tertiary/aromatic N) is 1. The SMILES string of the molecule is CSc1ccc(C=C(C(=O)C(F)(F)F)c2ccc([N+](=O)[O-])cc2)cc1. The van der Waals surface area contributed by atoms with Crippen molar-refractivity contribution in [3.05, 3.63) is 69.8 Å². The maximum Gasteiger partial charge on any atom is 0.454 e. The molecule has 0 saturated heterocycles. The fourth-order valence-corrected chi connectivity index (χ4v) is 2.47. The molecule has 2 aromatic carbocycles. The first-order valence-electron chi connectivity index (χ1n) is 6.94. The number of ketones is 1. The van der Waals surface area contributed by atoms with Crippen LogP contribution < -0.4 is 0 Å². The van der Waals surface area contributed by atoms with E-state index >= 15 is 0 Å². The van der Waals surface area contributed by atoms with Crippen molar-refractivity contribution >= 4 is 34.9 Å². The van der Waals surface area contributed by atoms with Crippen LogP contribution in [-0.4, -0.2) is 23.1 Å². The molecule has 0 N–H and O–H groups in total. The molecule has 4 nitrogen and oxygen atoms in total. The Hall–Kier alpha value is -2.61. The van der Waals surface area contributed by atoms with Crippen molar-refractivity contribution in [2.45, 2.75) is 11.1 Å². The number of carbonyl (C=O) groups is 1. The minimum Gasteiger partial charge on any atom is -0.284 e. The number of hydrogen-bond acceptors (Lipinski definition) is 4. The number of hydrogen-bond donors (Lipinski definition) is 0. The summed E-state index contributed by atoms with van der Waals surface area (Å²) in [6.07, 6.45) is -2.06. The highest BCUT2D eigenvalue weighted by Gasteiger charge is 2.41. The first-order valence-corrected chi connectivity index (χ1v) is 8.17. The summed E-state index contributed by atoms with van der Waals surface area (Å²) in [4.78, 5) is 22.7. The van der Waals surface area contributed by atoms with Gasteiger partial charge in [0.1, 0.15) is 0 Å². The predicted molar refractivity (Wildman–Crippen MR) is 90.3 cm³/mol. The van der Waals surface area contributed by atoms with E-state index in [0.717, 1.165) is 35.2 Å². The molecule has 0 saturated carbocycles. The predicted octanol–water partition coefficient (Wildman–Crippen LogP) is 4.99. The molecule has 2 aromatic rings. The summed E-state index contributed by atoms with van der Waals surface area (Å²) in [6.45, 7) is 0. The molecular weight excluding hydrogens is 355 g/mol. The van der Waals surface area contributed by atoms with E-state index in [9.17, 15) is 28.1 Å². The van der Waals surface area contributed by atoms with Gasteiger partial charge in [0.05, 0.1) is 4.92 Å². The van der Waals surface area contributed by atoms with Gasteiger partial charge in [-0.2, -0.15) is 13.2 Å². The van der Waals surface area contributed by atoms with Crippen molar-refractivity contribution in [1.82, 2.24) is 0 Å². The number of carbonyl (C=O) groups excluding carboxylic acids is 1. The zero-order chi connectivity index (χ0) is 18.6. The molecule has 130 valence electrons. The van der Waals surface area contributed by atoms with Crippen molar-refractivity contribution in [3.63, 3.8) is 0 Å². The second-order valence-corrected chi connectivity index (χ2v) is 5.84. The zero-order valence-corrected chi connectivity index (χ0v) is 13.7. The van der Waals surface area contributed by atoms with Gasteiger partial charge < -0.3 is 0 Å². The summed E-state index contributed by atoms with van der Waals surface area (Å²) in [5.74, 6) is -2.00. The number of benzene rings is 2. The minimum atomic E-state index is -5.05. The van der Waals surface area contributed by atoms with E-state index in [1.165, 1.54) is 11.8 Å². The van der Waals surface area contributed by atoms with E-state index in [2.05, 4.69) is 0 Å². The number of Topliss-reactive ketones (excluding diaryl/α,β-unsaturated/α-hetero) is 1. The topological polar surface area (TPSA) is 60.2 Å². The third-order valence-corrected chi connectivity index (χ3v) is 4.06. The number of allylic oxidation sites excluding steroid dienone is 1. The van der Waals surface area contributed by atoms with E-state index in [-0.39, 0.29) is 11.3 Å². The molecular formula is C17H12F3NO3S. The molecule has 0 heterocycles. The van der Waals surface area contributed by atoms with Gasteiger partial charge in [-0.3, -0.25) is 14.9 Å². The molecule has 0 bridgehead atoms. The van der Waals surface area contributed by atoms with Crippen molar-refractivity contribution in [2.75, 3.05) is 6.26 Å². The maximum absolute atomic E-state index is 12.9. The normalized spacial score (nSPS) is 12.1. The smallest absolute Gasteiger partial charge is 0.284 e. The quantitative estimate of drug-likeness (QED) is 0.246. The van der Waals surface area contributed by atoms with E-state index < -0.39 is 22.5 Å². The molecule has 0 amide bonds. The zero-order valence-electron chi connectivity index (χ0n) is 12.9. The Morgan fingerprint density at radius 1 is 1.08 bits per heavy atom. The molecule has 0 atom stereocenters. The second-order valence-electron chi connectivity index (χ2n) is 4.96. The Morgan fingerprint density at radius 3 is 2.08 bits per heavy atom. The average molecular weight is 367 g/mol. The van der Waals surface area contributed by atoms with Crippen LogP contribution in [0.4, 0.5) is 18.9 Å². The number of thioether (sulfide) groups is 1. The van der Waals surface area contributed by atoms with Crippen LogP contribution in [-0.2, 0) is 4.79 Å². The average Bonchev–Trinajstić information content (AvgIpc) is 2.59. The van der Waals surface area contributed by atoms with E-state index in [1.807, 2.05) is 6.26 Å². The third-order valence-electron chi connectivity index (χ3n) is 3.32. The molecule has 2 rings (SSSR count).